The van der Waals surface area contributed by atoms with Gasteiger partial charge in [0.25, 0.3) is 5.91 Å². The quantitative estimate of drug-likeness (QED) is 0.183. The van der Waals surface area contributed by atoms with Crippen molar-refractivity contribution in [3.8, 4) is 17.6 Å². The summed E-state index contributed by atoms with van der Waals surface area (Å²) in [6.45, 7) is 4.09. The Labute approximate surface area is 212 Å². The monoisotopic (exact) mass is 503 g/mol. The third-order valence-electron chi connectivity index (χ3n) is 5.37. The molecule has 4 rings (SSSR count). The number of benzene rings is 3. The number of aliphatic imine (C=N–C) groups is 1. The predicted molar refractivity (Wildman–Crippen MR) is 138 cm³/mol. The standard InChI is InChI=1S/C29H24F3N3O2/c1-19(2)37-27-14-11-21(8-7-20-9-12-23(13-10-20)29(30,31)32)15-25(27)28(36)35-18-33-16-22-17-34-26-6-4-3-5-24(22)26/h3-6,9-15,17-19,34H,16H2,1-2H3,(H,33,35,36). The Bertz CT molecular complexity index is 1490. The summed E-state index contributed by atoms with van der Waals surface area (Å²) < 4.78 is 44.1. The predicted octanol–water partition coefficient (Wildman–Crippen LogP) is 6.33. The summed E-state index contributed by atoms with van der Waals surface area (Å²) in [4.78, 5) is 20.4. The number of ether oxygens (including phenoxy) is 1. The molecule has 1 aromatic heterocycles. The highest BCUT2D eigenvalue weighted by atomic mass is 19.4. The molecule has 0 saturated carbocycles. The summed E-state index contributed by atoms with van der Waals surface area (Å²) in [6, 6.07) is 17.4. The highest BCUT2D eigenvalue weighted by molar-refractivity contribution is 6.03. The number of nitrogens with zero attached hydrogens (tertiary/aromatic N) is 1. The number of fused-ring (bicyclic) bond motifs is 1. The van der Waals surface area contributed by atoms with Gasteiger partial charge in [0.2, 0.25) is 0 Å². The first-order valence-corrected chi connectivity index (χ1v) is 11.5. The van der Waals surface area contributed by atoms with Gasteiger partial charge in [-0.25, -0.2) is 0 Å². The van der Waals surface area contributed by atoms with Gasteiger partial charge in [0.15, 0.2) is 0 Å². The van der Waals surface area contributed by atoms with Crippen molar-refractivity contribution in [1.82, 2.24) is 10.3 Å². The van der Waals surface area contributed by atoms with Crippen LogP contribution in [0.3, 0.4) is 0 Å². The van der Waals surface area contributed by atoms with E-state index in [9.17, 15) is 18.0 Å². The minimum Gasteiger partial charge on any atom is -0.490 e. The third kappa shape index (κ3) is 6.58. The van der Waals surface area contributed by atoms with Crippen LogP contribution in [-0.4, -0.2) is 23.3 Å². The van der Waals surface area contributed by atoms with Crippen molar-refractivity contribution in [3.05, 3.63) is 101 Å². The van der Waals surface area contributed by atoms with Crippen LogP contribution in [0.4, 0.5) is 13.2 Å². The van der Waals surface area contributed by atoms with Crippen molar-refractivity contribution >= 4 is 23.1 Å². The van der Waals surface area contributed by atoms with Gasteiger partial charge in [-0.05, 0) is 67.9 Å². The molecule has 0 saturated heterocycles. The number of nitrogens with one attached hydrogen (secondary N) is 2. The van der Waals surface area contributed by atoms with Gasteiger partial charge in [-0.2, -0.15) is 13.2 Å². The van der Waals surface area contributed by atoms with Gasteiger partial charge in [0.1, 0.15) is 5.75 Å². The second-order valence-electron chi connectivity index (χ2n) is 8.51. The van der Waals surface area contributed by atoms with Crippen LogP contribution in [0, 0.1) is 11.8 Å². The maximum absolute atomic E-state index is 12.9. The number of halogens is 3. The second kappa shape index (κ2) is 11.0. The second-order valence-corrected chi connectivity index (χ2v) is 8.51. The van der Waals surface area contributed by atoms with Crippen molar-refractivity contribution in [2.75, 3.05) is 0 Å². The first-order chi connectivity index (χ1) is 17.7. The van der Waals surface area contributed by atoms with E-state index in [1.54, 1.807) is 18.2 Å². The number of H-pyrrole nitrogens is 1. The Morgan fingerprint density at radius 3 is 2.49 bits per heavy atom. The van der Waals surface area contributed by atoms with E-state index in [2.05, 4.69) is 27.1 Å². The minimum absolute atomic E-state index is 0.161. The maximum Gasteiger partial charge on any atom is 0.416 e. The van der Waals surface area contributed by atoms with Crippen LogP contribution in [0.5, 0.6) is 5.75 Å². The van der Waals surface area contributed by atoms with E-state index >= 15 is 0 Å². The van der Waals surface area contributed by atoms with Crippen molar-refractivity contribution in [3.63, 3.8) is 0 Å². The molecule has 8 heteroatoms. The molecule has 1 amide bonds. The maximum atomic E-state index is 12.9. The number of amides is 1. The fraction of sp³-hybridized carbons (Fsp3) is 0.172. The number of hydrogen-bond donors (Lipinski definition) is 2. The minimum atomic E-state index is -4.40. The molecule has 3 aromatic carbocycles. The van der Waals surface area contributed by atoms with Crippen LogP contribution < -0.4 is 10.1 Å². The van der Waals surface area contributed by atoms with E-state index < -0.39 is 17.6 Å². The topological polar surface area (TPSA) is 66.5 Å². The number of hydrogen-bond acceptors (Lipinski definition) is 3. The average Bonchev–Trinajstić information content (AvgIpc) is 3.28. The molecule has 2 N–H and O–H groups in total. The molecule has 188 valence electrons. The molecule has 0 aliphatic heterocycles. The van der Waals surface area contributed by atoms with Gasteiger partial charge >= 0.3 is 6.18 Å². The summed E-state index contributed by atoms with van der Waals surface area (Å²) in [6.07, 6.45) is -1.33. The Morgan fingerprint density at radius 1 is 1.05 bits per heavy atom. The van der Waals surface area contributed by atoms with Gasteiger partial charge in [0, 0.05) is 28.2 Å². The molecule has 0 bridgehead atoms. The van der Waals surface area contributed by atoms with Crippen molar-refractivity contribution in [2.24, 2.45) is 4.99 Å². The summed E-state index contributed by atoms with van der Waals surface area (Å²) in [7, 11) is 0. The van der Waals surface area contributed by atoms with Crippen molar-refractivity contribution in [1.29, 1.82) is 0 Å². The van der Waals surface area contributed by atoms with Crippen LogP contribution in [0.2, 0.25) is 0 Å². The largest absolute Gasteiger partial charge is 0.490 e. The zero-order valence-corrected chi connectivity index (χ0v) is 20.2. The molecule has 37 heavy (non-hydrogen) atoms. The molecular formula is C29H24F3N3O2. The van der Waals surface area contributed by atoms with Gasteiger partial charge in [-0.3, -0.25) is 9.79 Å². The molecule has 0 aliphatic carbocycles. The smallest absolute Gasteiger partial charge is 0.416 e. The van der Waals surface area contributed by atoms with E-state index in [0.29, 0.717) is 23.4 Å². The molecule has 5 nitrogen and oxygen atoms in total. The van der Waals surface area contributed by atoms with E-state index in [1.807, 2.05) is 44.3 Å². The molecule has 0 radical (unpaired) electrons. The molecule has 0 atom stereocenters. The summed E-state index contributed by atoms with van der Waals surface area (Å²) in [5.74, 6) is 5.69. The summed E-state index contributed by atoms with van der Waals surface area (Å²) in [5, 5.41) is 3.74. The van der Waals surface area contributed by atoms with Crippen LogP contribution in [0.15, 0.2) is 77.9 Å². The lowest BCUT2D eigenvalue weighted by Crippen LogP contribution is -2.23. The molecule has 0 aliphatic rings. The first-order valence-electron chi connectivity index (χ1n) is 11.5. The Kier molecular flexibility index (Phi) is 7.63. The van der Waals surface area contributed by atoms with E-state index in [-0.39, 0.29) is 11.7 Å². The summed E-state index contributed by atoms with van der Waals surface area (Å²) >= 11 is 0. The van der Waals surface area contributed by atoms with Gasteiger partial charge < -0.3 is 15.0 Å². The molecular weight excluding hydrogens is 479 g/mol. The Hall–Kier alpha value is -4.51. The van der Waals surface area contributed by atoms with Gasteiger partial charge in [0.05, 0.1) is 30.1 Å². The number of aromatic nitrogens is 1. The lowest BCUT2D eigenvalue weighted by Gasteiger charge is -2.13. The number of carbonyl (C=O) groups is 1. The van der Waals surface area contributed by atoms with Gasteiger partial charge in [-0.15, -0.1) is 0 Å². The van der Waals surface area contributed by atoms with E-state index in [0.717, 1.165) is 28.6 Å². The Balaban J connectivity index is 1.49. The Morgan fingerprint density at radius 2 is 1.76 bits per heavy atom. The van der Waals surface area contributed by atoms with Crippen molar-refractivity contribution < 1.29 is 22.7 Å². The highest BCUT2D eigenvalue weighted by Gasteiger charge is 2.29. The normalized spacial score (nSPS) is 11.5. The summed E-state index contributed by atoms with van der Waals surface area (Å²) in [5.41, 5.74) is 2.49. The molecule has 1 heterocycles. The van der Waals surface area contributed by atoms with Crippen LogP contribution in [0.25, 0.3) is 10.9 Å². The number of para-hydroxylation sites is 1. The molecule has 4 aromatic rings. The molecule has 0 fully saturated rings. The van der Waals surface area contributed by atoms with Crippen molar-refractivity contribution in [2.45, 2.75) is 32.7 Å². The number of alkyl halides is 3. The SMILES string of the molecule is CC(C)Oc1ccc(C#Cc2ccc(C(F)(F)F)cc2)cc1C(=O)NC=NCc1c[nH]c2ccccc12. The molecule has 0 unspecified atom stereocenters. The number of rotatable bonds is 6. The van der Waals surface area contributed by atoms with Gasteiger partial charge in [-0.1, -0.05) is 30.0 Å². The third-order valence-corrected chi connectivity index (χ3v) is 5.37. The van der Waals surface area contributed by atoms with E-state index in [1.165, 1.54) is 18.5 Å². The van der Waals surface area contributed by atoms with Crippen LogP contribution >= 0.6 is 0 Å². The average molecular weight is 504 g/mol. The number of carbonyl (C=O) groups excluding carboxylic acids is 1. The van der Waals surface area contributed by atoms with Crippen LogP contribution in [-0.2, 0) is 12.7 Å². The fourth-order valence-electron chi connectivity index (χ4n) is 3.62. The number of aromatic amines is 1. The first kappa shape index (κ1) is 25.6. The zero-order chi connectivity index (χ0) is 26.4. The van der Waals surface area contributed by atoms with E-state index in [4.69, 9.17) is 4.74 Å². The highest BCUT2D eigenvalue weighted by Crippen LogP contribution is 2.29. The zero-order valence-electron chi connectivity index (χ0n) is 20.2. The fourth-order valence-corrected chi connectivity index (χ4v) is 3.62. The lowest BCUT2D eigenvalue weighted by molar-refractivity contribution is -0.137. The molecule has 0 spiro atoms. The van der Waals surface area contributed by atoms with Crippen LogP contribution in [0.1, 0.15) is 46.5 Å². The lowest BCUT2D eigenvalue weighted by atomic mass is 10.1.